The van der Waals surface area contributed by atoms with Gasteiger partial charge in [-0.1, -0.05) is 37.5 Å². The number of rotatable bonds is 5. The summed E-state index contributed by atoms with van der Waals surface area (Å²) in [5, 5.41) is 5.97. The molecule has 126 valence electrons. The molecule has 0 aliphatic heterocycles. The van der Waals surface area contributed by atoms with Gasteiger partial charge in [-0.15, -0.1) is 0 Å². The molecule has 1 aliphatic rings. The fourth-order valence-corrected chi connectivity index (χ4v) is 2.91. The molecule has 0 bridgehead atoms. The molecule has 0 atom stereocenters. The highest BCUT2D eigenvalue weighted by Gasteiger charge is 2.15. The molecule has 1 fully saturated rings. The number of aromatic nitrogens is 1. The zero-order chi connectivity index (χ0) is 16.6. The number of nitrogens with zero attached hydrogens (tertiary/aromatic N) is 1. The van der Waals surface area contributed by atoms with Crippen LogP contribution in [-0.2, 0) is 6.54 Å². The highest BCUT2D eigenvalue weighted by molar-refractivity contribution is 5.74. The predicted octanol–water partition coefficient (Wildman–Crippen LogP) is 4.01. The molecule has 0 saturated heterocycles. The van der Waals surface area contributed by atoms with Gasteiger partial charge in [0.15, 0.2) is 0 Å². The van der Waals surface area contributed by atoms with Crippen molar-refractivity contribution in [2.45, 2.75) is 44.7 Å². The van der Waals surface area contributed by atoms with Crippen LogP contribution >= 0.6 is 0 Å². The van der Waals surface area contributed by atoms with Crippen molar-refractivity contribution in [3.63, 3.8) is 0 Å². The van der Waals surface area contributed by atoms with E-state index in [1.807, 2.05) is 42.5 Å². The number of hydrogen-bond donors (Lipinski definition) is 2. The van der Waals surface area contributed by atoms with E-state index in [1.54, 1.807) is 6.20 Å². The molecule has 0 spiro atoms. The SMILES string of the molecule is O=C(NCc1cccc(Oc2ccccn2)c1)NC1CCCCC1. The number of carbonyl (C=O) groups is 1. The Morgan fingerprint density at radius 2 is 2.00 bits per heavy atom. The molecule has 5 heteroatoms. The molecule has 1 aliphatic carbocycles. The first-order valence-corrected chi connectivity index (χ1v) is 8.52. The lowest BCUT2D eigenvalue weighted by atomic mass is 9.96. The van der Waals surface area contributed by atoms with Crippen molar-refractivity contribution in [3.05, 3.63) is 54.2 Å². The summed E-state index contributed by atoms with van der Waals surface area (Å²) < 4.78 is 5.71. The first-order valence-electron chi connectivity index (χ1n) is 8.52. The van der Waals surface area contributed by atoms with Crippen LogP contribution in [0.1, 0.15) is 37.7 Å². The zero-order valence-corrected chi connectivity index (χ0v) is 13.7. The molecule has 5 nitrogen and oxygen atoms in total. The van der Waals surface area contributed by atoms with E-state index < -0.39 is 0 Å². The highest BCUT2D eigenvalue weighted by Crippen LogP contribution is 2.20. The Morgan fingerprint density at radius 3 is 2.79 bits per heavy atom. The van der Waals surface area contributed by atoms with Crippen LogP contribution in [0.4, 0.5) is 4.79 Å². The molecule has 0 unspecified atom stereocenters. The largest absolute Gasteiger partial charge is 0.439 e. The Kier molecular flexibility index (Phi) is 5.66. The normalized spacial score (nSPS) is 14.8. The summed E-state index contributed by atoms with van der Waals surface area (Å²) in [6.07, 6.45) is 7.55. The molecule has 24 heavy (non-hydrogen) atoms. The van der Waals surface area contributed by atoms with Gasteiger partial charge < -0.3 is 15.4 Å². The van der Waals surface area contributed by atoms with E-state index in [0.717, 1.165) is 18.4 Å². The fraction of sp³-hybridized carbons (Fsp3) is 0.368. The van der Waals surface area contributed by atoms with E-state index >= 15 is 0 Å². The summed E-state index contributed by atoms with van der Waals surface area (Å²) in [7, 11) is 0. The first kappa shape index (κ1) is 16.3. The third-order valence-electron chi connectivity index (χ3n) is 4.15. The van der Waals surface area contributed by atoms with E-state index in [-0.39, 0.29) is 6.03 Å². The van der Waals surface area contributed by atoms with Gasteiger partial charge in [-0.25, -0.2) is 9.78 Å². The van der Waals surface area contributed by atoms with Crippen LogP contribution in [-0.4, -0.2) is 17.1 Å². The van der Waals surface area contributed by atoms with Crippen LogP contribution < -0.4 is 15.4 Å². The second-order valence-electron chi connectivity index (χ2n) is 6.08. The minimum atomic E-state index is -0.0991. The molecule has 1 saturated carbocycles. The Hall–Kier alpha value is -2.56. The summed E-state index contributed by atoms with van der Waals surface area (Å²) in [6.45, 7) is 0.470. The van der Waals surface area contributed by atoms with Gasteiger partial charge in [0.1, 0.15) is 5.75 Å². The number of hydrogen-bond acceptors (Lipinski definition) is 3. The lowest BCUT2D eigenvalue weighted by molar-refractivity contribution is 0.232. The predicted molar refractivity (Wildman–Crippen MR) is 93.0 cm³/mol. The maximum absolute atomic E-state index is 12.0. The van der Waals surface area contributed by atoms with Gasteiger partial charge in [-0.3, -0.25) is 0 Å². The summed E-state index contributed by atoms with van der Waals surface area (Å²) in [6, 6.07) is 13.4. The fourth-order valence-electron chi connectivity index (χ4n) is 2.91. The van der Waals surface area contributed by atoms with Crippen LogP contribution in [0, 0.1) is 0 Å². The number of pyridine rings is 1. The van der Waals surface area contributed by atoms with Crippen LogP contribution in [0.5, 0.6) is 11.6 Å². The van der Waals surface area contributed by atoms with Gasteiger partial charge in [-0.2, -0.15) is 0 Å². The molecule has 1 heterocycles. The van der Waals surface area contributed by atoms with Gasteiger partial charge in [0.05, 0.1) is 0 Å². The Morgan fingerprint density at radius 1 is 1.12 bits per heavy atom. The smallest absolute Gasteiger partial charge is 0.315 e. The molecule has 2 amide bonds. The molecular weight excluding hydrogens is 302 g/mol. The van der Waals surface area contributed by atoms with Crippen molar-refractivity contribution in [2.75, 3.05) is 0 Å². The van der Waals surface area contributed by atoms with E-state index in [0.29, 0.717) is 24.2 Å². The molecule has 1 aromatic carbocycles. The molecule has 2 N–H and O–H groups in total. The van der Waals surface area contributed by atoms with Gasteiger partial charge in [0, 0.05) is 24.8 Å². The first-order chi connectivity index (χ1) is 11.8. The van der Waals surface area contributed by atoms with Gasteiger partial charge in [0.2, 0.25) is 5.88 Å². The van der Waals surface area contributed by atoms with Crippen molar-refractivity contribution < 1.29 is 9.53 Å². The van der Waals surface area contributed by atoms with Crippen LogP contribution in [0.3, 0.4) is 0 Å². The minimum Gasteiger partial charge on any atom is -0.439 e. The lowest BCUT2D eigenvalue weighted by Crippen LogP contribution is -2.42. The number of urea groups is 1. The van der Waals surface area contributed by atoms with E-state index in [9.17, 15) is 4.79 Å². The van der Waals surface area contributed by atoms with Crippen LogP contribution in [0.2, 0.25) is 0 Å². The number of ether oxygens (including phenoxy) is 1. The van der Waals surface area contributed by atoms with Crippen molar-refractivity contribution in [3.8, 4) is 11.6 Å². The van der Waals surface area contributed by atoms with Gasteiger partial charge in [0.25, 0.3) is 0 Å². The average molecular weight is 325 g/mol. The van der Waals surface area contributed by atoms with Crippen molar-refractivity contribution in [2.24, 2.45) is 0 Å². The summed E-state index contributed by atoms with van der Waals surface area (Å²) in [5.74, 6) is 1.26. The average Bonchev–Trinajstić information content (AvgIpc) is 2.62. The topological polar surface area (TPSA) is 63.2 Å². The Labute approximate surface area is 142 Å². The zero-order valence-electron chi connectivity index (χ0n) is 13.7. The number of carbonyl (C=O) groups excluding carboxylic acids is 1. The monoisotopic (exact) mass is 325 g/mol. The lowest BCUT2D eigenvalue weighted by Gasteiger charge is -2.22. The molecule has 0 radical (unpaired) electrons. The summed E-state index contributed by atoms with van der Waals surface area (Å²) >= 11 is 0. The van der Waals surface area contributed by atoms with E-state index in [4.69, 9.17) is 4.74 Å². The Balaban J connectivity index is 1.50. The minimum absolute atomic E-state index is 0.0991. The number of amides is 2. The van der Waals surface area contributed by atoms with Gasteiger partial charge in [-0.05, 0) is 36.6 Å². The maximum atomic E-state index is 12.0. The standard InChI is InChI=1S/C19H23N3O2/c23-19(22-16-8-2-1-3-9-16)21-14-15-7-6-10-17(13-15)24-18-11-4-5-12-20-18/h4-7,10-13,16H,1-3,8-9,14H2,(H2,21,22,23). The van der Waals surface area contributed by atoms with E-state index in [2.05, 4.69) is 15.6 Å². The maximum Gasteiger partial charge on any atom is 0.315 e. The third kappa shape index (κ3) is 4.98. The second-order valence-corrected chi connectivity index (χ2v) is 6.08. The number of benzene rings is 1. The Bertz CT molecular complexity index is 655. The van der Waals surface area contributed by atoms with Gasteiger partial charge >= 0.3 is 6.03 Å². The van der Waals surface area contributed by atoms with Crippen molar-refractivity contribution >= 4 is 6.03 Å². The molecule has 3 rings (SSSR count). The quantitative estimate of drug-likeness (QED) is 0.873. The summed E-state index contributed by atoms with van der Waals surface area (Å²) in [5.41, 5.74) is 0.988. The summed E-state index contributed by atoms with van der Waals surface area (Å²) in [4.78, 5) is 16.1. The molecular formula is C19H23N3O2. The molecule has 2 aromatic rings. The molecule has 1 aromatic heterocycles. The number of nitrogens with one attached hydrogen (secondary N) is 2. The highest BCUT2D eigenvalue weighted by atomic mass is 16.5. The van der Waals surface area contributed by atoms with Crippen molar-refractivity contribution in [1.29, 1.82) is 0 Å². The third-order valence-corrected chi connectivity index (χ3v) is 4.15. The van der Waals surface area contributed by atoms with Crippen LogP contribution in [0.25, 0.3) is 0 Å². The van der Waals surface area contributed by atoms with Crippen LogP contribution in [0.15, 0.2) is 48.7 Å². The van der Waals surface area contributed by atoms with Crippen molar-refractivity contribution in [1.82, 2.24) is 15.6 Å². The second kappa shape index (κ2) is 8.34. The van der Waals surface area contributed by atoms with E-state index in [1.165, 1.54) is 19.3 Å².